The van der Waals surface area contributed by atoms with E-state index in [2.05, 4.69) is 20.5 Å². The topological polar surface area (TPSA) is 106 Å². The molecule has 3 heterocycles. The van der Waals surface area contributed by atoms with Gasteiger partial charge < -0.3 is 19.9 Å². The highest BCUT2D eigenvalue weighted by Gasteiger charge is 2.32. The van der Waals surface area contributed by atoms with E-state index in [4.69, 9.17) is 9.47 Å². The minimum atomic E-state index is -0.617. The first-order valence-corrected chi connectivity index (χ1v) is 13.6. The highest BCUT2D eigenvalue weighted by molar-refractivity contribution is 8.01. The van der Waals surface area contributed by atoms with Gasteiger partial charge in [0.2, 0.25) is 0 Å². The summed E-state index contributed by atoms with van der Waals surface area (Å²) in [5.74, 6) is 0.469. The van der Waals surface area contributed by atoms with Gasteiger partial charge in [-0.1, -0.05) is 59.5 Å². The average molecular weight is 535 g/mol. The molecule has 190 valence electrons. The number of amides is 1. The lowest BCUT2D eigenvalue weighted by atomic mass is 10.0. The summed E-state index contributed by atoms with van der Waals surface area (Å²) < 4.78 is 13.7. The highest BCUT2D eigenvalue weighted by atomic mass is 32.2. The maximum Gasteiger partial charge on any atom is 0.257 e. The Labute approximate surface area is 223 Å². The number of carbonyl (C=O) groups excluding carboxylic acids is 1. The van der Waals surface area contributed by atoms with Crippen LogP contribution in [0.2, 0.25) is 0 Å². The Morgan fingerprint density at radius 2 is 1.97 bits per heavy atom. The fourth-order valence-electron chi connectivity index (χ4n) is 3.99. The van der Waals surface area contributed by atoms with Gasteiger partial charge in [0.05, 0.1) is 24.4 Å². The van der Waals surface area contributed by atoms with Crippen LogP contribution in [0.25, 0.3) is 0 Å². The van der Waals surface area contributed by atoms with Gasteiger partial charge in [-0.25, -0.2) is 0 Å². The van der Waals surface area contributed by atoms with Crippen molar-refractivity contribution in [2.75, 3.05) is 11.1 Å². The SMILES string of the molecule is Cc1nnc(SCC2CC(c3ccc(CO)cc3)OC(c3cccc(NC(=O)c4cccnc4)c3)O2)s1. The molecular formula is C27H26N4O4S2. The summed E-state index contributed by atoms with van der Waals surface area (Å²) in [6, 6.07) is 18.7. The fraction of sp³-hybridized carbons (Fsp3) is 0.259. The molecule has 0 radical (unpaired) electrons. The number of nitrogens with one attached hydrogen (secondary N) is 1. The van der Waals surface area contributed by atoms with Crippen molar-refractivity contribution in [3.8, 4) is 0 Å². The van der Waals surface area contributed by atoms with Crippen LogP contribution in [0.3, 0.4) is 0 Å². The van der Waals surface area contributed by atoms with Crippen molar-refractivity contribution in [3.05, 3.63) is 100 Å². The summed E-state index contributed by atoms with van der Waals surface area (Å²) in [5.41, 5.74) is 3.80. The average Bonchev–Trinajstić information content (AvgIpc) is 3.37. The summed E-state index contributed by atoms with van der Waals surface area (Å²) in [4.78, 5) is 16.6. The van der Waals surface area contributed by atoms with E-state index < -0.39 is 6.29 Å². The number of rotatable bonds is 8. The second-order valence-electron chi connectivity index (χ2n) is 8.57. The zero-order chi connectivity index (χ0) is 25.6. The Balaban J connectivity index is 1.35. The molecule has 10 heteroatoms. The Morgan fingerprint density at radius 3 is 2.70 bits per heavy atom. The largest absolute Gasteiger partial charge is 0.392 e. The predicted molar refractivity (Wildman–Crippen MR) is 142 cm³/mol. The first-order chi connectivity index (χ1) is 18.1. The van der Waals surface area contributed by atoms with Gasteiger partial charge in [0.15, 0.2) is 10.6 Å². The number of anilines is 1. The molecular weight excluding hydrogens is 508 g/mol. The van der Waals surface area contributed by atoms with Crippen LogP contribution in [-0.2, 0) is 16.1 Å². The number of hydrogen-bond donors (Lipinski definition) is 2. The van der Waals surface area contributed by atoms with E-state index >= 15 is 0 Å². The van der Waals surface area contributed by atoms with Crippen LogP contribution in [0.4, 0.5) is 5.69 Å². The van der Waals surface area contributed by atoms with Crippen LogP contribution in [-0.4, -0.2) is 38.1 Å². The summed E-state index contributed by atoms with van der Waals surface area (Å²) in [5, 5.41) is 21.6. The van der Waals surface area contributed by atoms with Crippen LogP contribution in [0.1, 0.15) is 50.9 Å². The van der Waals surface area contributed by atoms with E-state index in [0.29, 0.717) is 23.4 Å². The molecule has 3 atom stereocenters. The van der Waals surface area contributed by atoms with Gasteiger partial charge in [0.1, 0.15) is 5.01 Å². The molecule has 1 saturated heterocycles. The molecule has 1 amide bonds. The van der Waals surface area contributed by atoms with Gasteiger partial charge in [-0.05, 0) is 42.3 Å². The van der Waals surface area contributed by atoms with E-state index in [1.165, 1.54) is 6.20 Å². The summed E-state index contributed by atoms with van der Waals surface area (Å²) >= 11 is 3.19. The molecule has 5 rings (SSSR count). The lowest BCUT2D eigenvalue weighted by molar-refractivity contribution is -0.245. The molecule has 2 N–H and O–H groups in total. The van der Waals surface area contributed by atoms with Crippen molar-refractivity contribution in [2.45, 2.75) is 42.8 Å². The van der Waals surface area contributed by atoms with Crippen molar-refractivity contribution >= 4 is 34.7 Å². The van der Waals surface area contributed by atoms with Gasteiger partial charge >= 0.3 is 0 Å². The molecule has 4 aromatic rings. The minimum Gasteiger partial charge on any atom is -0.392 e. The van der Waals surface area contributed by atoms with Crippen LogP contribution >= 0.6 is 23.1 Å². The Bertz CT molecular complexity index is 1330. The van der Waals surface area contributed by atoms with E-state index in [-0.39, 0.29) is 24.7 Å². The van der Waals surface area contributed by atoms with Crippen molar-refractivity contribution < 1.29 is 19.4 Å². The molecule has 1 aliphatic heterocycles. The standard InChI is InChI=1S/C27H26N4O4S2/c1-17-30-31-27(37-17)36-16-23-13-24(19-9-7-18(15-32)8-10-19)35-26(34-23)20-4-2-6-22(12-20)29-25(33)21-5-3-11-28-14-21/h2-12,14,23-24,26,32H,13,15-16H2,1H3,(H,29,33). The van der Waals surface area contributed by atoms with Crippen LogP contribution in [0.15, 0.2) is 77.4 Å². The third kappa shape index (κ3) is 6.60. The zero-order valence-electron chi connectivity index (χ0n) is 20.1. The predicted octanol–water partition coefficient (Wildman–Crippen LogP) is 5.32. The molecule has 2 aromatic heterocycles. The lowest BCUT2D eigenvalue weighted by Crippen LogP contribution is -2.31. The second-order valence-corrected chi connectivity index (χ2v) is 11.0. The molecule has 1 fully saturated rings. The number of benzene rings is 2. The number of aliphatic hydroxyl groups excluding tert-OH is 1. The number of carbonyl (C=O) groups is 1. The van der Waals surface area contributed by atoms with E-state index in [0.717, 1.165) is 26.0 Å². The van der Waals surface area contributed by atoms with Gasteiger partial charge in [-0.2, -0.15) is 0 Å². The number of thioether (sulfide) groups is 1. The first kappa shape index (κ1) is 25.5. The summed E-state index contributed by atoms with van der Waals surface area (Å²) in [6.07, 6.45) is 2.93. The number of ether oxygens (including phenoxy) is 2. The monoisotopic (exact) mass is 534 g/mol. The van der Waals surface area contributed by atoms with Gasteiger partial charge in [0, 0.05) is 35.8 Å². The molecule has 37 heavy (non-hydrogen) atoms. The molecule has 0 saturated carbocycles. The molecule has 0 spiro atoms. The third-order valence-corrected chi connectivity index (χ3v) is 7.96. The molecule has 1 aliphatic rings. The van der Waals surface area contributed by atoms with Crippen LogP contribution in [0, 0.1) is 6.92 Å². The second kappa shape index (κ2) is 11.9. The van der Waals surface area contributed by atoms with Crippen molar-refractivity contribution in [3.63, 3.8) is 0 Å². The molecule has 8 nitrogen and oxygen atoms in total. The summed E-state index contributed by atoms with van der Waals surface area (Å²) in [6.45, 7) is 1.94. The normalized spacial score (nSPS) is 19.5. The van der Waals surface area contributed by atoms with Crippen LogP contribution in [0.5, 0.6) is 0 Å². The quantitative estimate of drug-likeness (QED) is 0.293. The molecule has 2 aromatic carbocycles. The number of hydrogen-bond acceptors (Lipinski definition) is 9. The van der Waals surface area contributed by atoms with Gasteiger partial charge in [0.25, 0.3) is 5.91 Å². The minimum absolute atomic E-state index is 0.00434. The maximum atomic E-state index is 12.6. The maximum absolute atomic E-state index is 12.6. The van der Waals surface area contributed by atoms with Gasteiger partial charge in [-0.3, -0.25) is 9.78 Å². The van der Waals surface area contributed by atoms with Gasteiger partial charge in [-0.15, -0.1) is 10.2 Å². The van der Waals surface area contributed by atoms with E-state index in [1.54, 1.807) is 41.4 Å². The van der Waals surface area contributed by atoms with Crippen molar-refractivity contribution in [1.82, 2.24) is 15.2 Å². The smallest absolute Gasteiger partial charge is 0.257 e. The molecule has 0 bridgehead atoms. The molecule has 0 aliphatic carbocycles. The lowest BCUT2D eigenvalue weighted by Gasteiger charge is -2.36. The fourth-order valence-corrected chi connectivity index (χ4v) is 5.85. The number of aryl methyl sites for hydroxylation is 1. The van der Waals surface area contributed by atoms with E-state index in [9.17, 15) is 9.90 Å². The van der Waals surface area contributed by atoms with Crippen molar-refractivity contribution in [1.29, 1.82) is 0 Å². The number of aromatic nitrogens is 3. The molecule has 3 unspecified atom stereocenters. The number of nitrogens with zero attached hydrogens (tertiary/aromatic N) is 3. The Kier molecular flexibility index (Phi) is 8.22. The third-order valence-electron chi connectivity index (χ3n) is 5.86. The Hall–Kier alpha value is -3.15. The summed E-state index contributed by atoms with van der Waals surface area (Å²) in [7, 11) is 0. The Morgan fingerprint density at radius 1 is 1.11 bits per heavy atom. The van der Waals surface area contributed by atoms with E-state index in [1.807, 2.05) is 55.5 Å². The number of aliphatic hydroxyl groups is 1. The van der Waals surface area contributed by atoms with Crippen molar-refractivity contribution in [2.24, 2.45) is 0 Å². The highest BCUT2D eigenvalue weighted by Crippen LogP contribution is 2.40. The van der Waals surface area contributed by atoms with Crippen LogP contribution < -0.4 is 5.32 Å². The number of pyridine rings is 1. The first-order valence-electron chi connectivity index (χ1n) is 11.8. The zero-order valence-corrected chi connectivity index (χ0v) is 21.7.